The average Bonchev–Trinajstić information content (AvgIpc) is 2.43. The maximum atomic E-state index is 12.2. The molecule has 5 nitrogen and oxygen atoms in total. The molecule has 1 saturated carbocycles. The third-order valence-corrected chi connectivity index (χ3v) is 4.32. The molecular formula is C17H24O5. The van der Waals surface area contributed by atoms with E-state index in [9.17, 15) is 24.0 Å². The number of hydrogen-bond acceptors (Lipinski definition) is 5. The molecule has 3 atom stereocenters. The van der Waals surface area contributed by atoms with Gasteiger partial charge in [-0.25, -0.2) is 0 Å². The number of ketones is 5. The predicted octanol–water partition coefficient (Wildman–Crippen LogP) is 2.09. The fourth-order valence-corrected chi connectivity index (χ4v) is 2.63. The van der Waals surface area contributed by atoms with Crippen LogP contribution in [0.3, 0.4) is 0 Å². The van der Waals surface area contributed by atoms with Crippen LogP contribution in [0.25, 0.3) is 0 Å². The second kappa shape index (κ2) is 8.11. The first-order valence-corrected chi connectivity index (χ1v) is 7.80. The molecule has 1 aliphatic carbocycles. The van der Waals surface area contributed by atoms with Crippen molar-refractivity contribution in [3.63, 3.8) is 0 Å². The van der Waals surface area contributed by atoms with Gasteiger partial charge in [-0.1, -0.05) is 13.8 Å². The minimum absolute atomic E-state index is 0.00214. The molecule has 22 heavy (non-hydrogen) atoms. The van der Waals surface area contributed by atoms with Crippen LogP contribution in [0.15, 0.2) is 0 Å². The zero-order valence-electron chi connectivity index (χ0n) is 13.5. The van der Waals surface area contributed by atoms with E-state index in [0.29, 0.717) is 0 Å². The molecule has 0 aromatic heterocycles. The van der Waals surface area contributed by atoms with E-state index in [-0.39, 0.29) is 67.4 Å². The molecule has 0 amide bonds. The smallest absolute Gasteiger partial charge is 0.136 e. The van der Waals surface area contributed by atoms with Gasteiger partial charge < -0.3 is 0 Å². The van der Waals surface area contributed by atoms with Gasteiger partial charge in [0.15, 0.2) is 0 Å². The van der Waals surface area contributed by atoms with E-state index in [1.807, 2.05) is 0 Å². The van der Waals surface area contributed by atoms with E-state index in [1.165, 1.54) is 6.92 Å². The topological polar surface area (TPSA) is 85.3 Å². The Labute approximate surface area is 130 Å². The second-order valence-electron chi connectivity index (χ2n) is 6.44. The minimum atomic E-state index is -0.633. The van der Waals surface area contributed by atoms with E-state index in [2.05, 4.69) is 0 Å². The Morgan fingerprint density at radius 2 is 1.23 bits per heavy atom. The van der Waals surface area contributed by atoms with Crippen LogP contribution in [0, 0.1) is 17.8 Å². The SMILES string of the molecule is CC(=O)[C@H]1CC(=O)CCC(=O)C[C@@H](C)C(=O)C[C@@H](C)C(=O)C1. The van der Waals surface area contributed by atoms with Gasteiger partial charge in [-0.05, 0) is 6.92 Å². The van der Waals surface area contributed by atoms with E-state index in [1.54, 1.807) is 13.8 Å². The molecule has 1 aliphatic rings. The Morgan fingerprint density at radius 1 is 0.773 bits per heavy atom. The largest absolute Gasteiger partial charge is 0.300 e. The van der Waals surface area contributed by atoms with E-state index in [0.717, 1.165) is 0 Å². The highest BCUT2D eigenvalue weighted by Crippen LogP contribution is 2.21. The number of Topliss-reactive ketones (excluding diaryl/α,β-unsaturated/α-hetero) is 5. The van der Waals surface area contributed by atoms with Gasteiger partial charge in [0, 0.05) is 56.3 Å². The molecule has 1 rings (SSSR count). The maximum Gasteiger partial charge on any atom is 0.136 e. The first-order valence-electron chi connectivity index (χ1n) is 7.80. The van der Waals surface area contributed by atoms with Crippen molar-refractivity contribution in [3.05, 3.63) is 0 Å². The summed E-state index contributed by atoms with van der Waals surface area (Å²) in [7, 11) is 0. The standard InChI is InChI=1S/C17H24O5/c1-10-6-14(19)4-5-15(20)8-13(12(3)18)9-17(22)11(2)7-16(10)21/h10-11,13H,4-9H2,1-3H3/t10-,11-,13+/m1/s1. The summed E-state index contributed by atoms with van der Waals surface area (Å²) in [4.78, 5) is 59.6. The maximum absolute atomic E-state index is 12.2. The summed E-state index contributed by atoms with van der Waals surface area (Å²) in [6.45, 7) is 4.71. The second-order valence-corrected chi connectivity index (χ2v) is 6.44. The van der Waals surface area contributed by atoms with E-state index in [4.69, 9.17) is 0 Å². The molecule has 0 aromatic rings. The molecule has 0 radical (unpaired) electrons. The van der Waals surface area contributed by atoms with Crippen LogP contribution < -0.4 is 0 Å². The number of hydrogen-bond donors (Lipinski definition) is 0. The van der Waals surface area contributed by atoms with E-state index >= 15 is 0 Å². The first kappa shape index (κ1) is 18.4. The molecular weight excluding hydrogens is 284 g/mol. The summed E-state index contributed by atoms with van der Waals surface area (Å²) in [5, 5.41) is 0. The number of rotatable bonds is 1. The van der Waals surface area contributed by atoms with Crippen molar-refractivity contribution < 1.29 is 24.0 Å². The highest BCUT2D eigenvalue weighted by Gasteiger charge is 2.28. The summed E-state index contributed by atoms with van der Waals surface area (Å²) in [6, 6.07) is 0. The molecule has 0 saturated heterocycles. The van der Waals surface area contributed by atoms with Crippen LogP contribution in [-0.4, -0.2) is 28.9 Å². The van der Waals surface area contributed by atoms with Crippen molar-refractivity contribution in [2.45, 2.75) is 59.3 Å². The lowest BCUT2D eigenvalue weighted by atomic mass is 9.86. The Hall–Kier alpha value is -1.65. The fourth-order valence-electron chi connectivity index (χ4n) is 2.63. The van der Waals surface area contributed by atoms with E-state index < -0.39 is 17.8 Å². The van der Waals surface area contributed by atoms with Crippen molar-refractivity contribution in [2.75, 3.05) is 0 Å². The van der Waals surface area contributed by atoms with Gasteiger partial charge in [-0.3, -0.25) is 24.0 Å². The summed E-state index contributed by atoms with van der Waals surface area (Å²) in [5.74, 6) is -2.32. The quantitative estimate of drug-likeness (QED) is 0.740. The van der Waals surface area contributed by atoms with Crippen molar-refractivity contribution in [2.24, 2.45) is 17.8 Å². The lowest BCUT2D eigenvalue weighted by Crippen LogP contribution is -2.25. The predicted molar refractivity (Wildman–Crippen MR) is 80.2 cm³/mol. The Morgan fingerprint density at radius 3 is 1.77 bits per heavy atom. The molecule has 122 valence electrons. The summed E-state index contributed by atoms with van der Waals surface area (Å²) >= 11 is 0. The van der Waals surface area contributed by atoms with Crippen molar-refractivity contribution in [3.8, 4) is 0 Å². The molecule has 1 fully saturated rings. The van der Waals surface area contributed by atoms with Crippen molar-refractivity contribution >= 4 is 28.9 Å². The third-order valence-electron chi connectivity index (χ3n) is 4.32. The van der Waals surface area contributed by atoms with Crippen LogP contribution in [0.1, 0.15) is 59.3 Å². The number of carbonyl (C=O) groups excluding carboxylic acids is 5. The molecule has 0 bridgehead atoms. The van der Waals surface area contributed by atoms with Gasteiger partial charge in [0.2, 0.25) is 0 Å². The Balaban J connectivity index is 2.93. The zero-order valence-corrected chi connectivity index (χ0v) is 13.5. The monoisotopic (exact) mass is 308 g/mol. The fraction of sp³-hybridized carbons (Fsp3) is 0.706. The Bertz CT molecular complexity index is 491. The highest BCUT2D eigenvalue weighted by atomic mass is 16.2. The lowest BCUT2D eigenvalue weighted by Gasteiger charge is -2.16. The molecule has 0 spiro atoms. The highest BCUT2D eigenvalue weighted by molar-refractivity contribution is 5.96. The van der Waals surface area contributed by atoms with Crippen LogP contribution in [0.4, 0.5) is 0 Å². The van der Waals surface area contributed by atoms with Crippen LogP contribution in [0.5, 0.6) is 0 Å². The van der Waals surface area contributed by atoms with Gasteiger partial charge >= 0.3 is 0 Å². The van der Waals surface area contributed by atoms with Crippen molar-refractivity contribution in [1.29, 1.82) is 0 Å². The molecule has 0 unspecified atom stereocenters. The van der Waals surface area contributed by atoms with Gasteiger partial charge in [0.1, 0.15) is 28.9 Å². The van der Waals surface area contributed by atoms with Crippen LogP contribution in [0.2, 0.25) is 0 Å². The van der Waals surface area contributed by atoms with Crippen molar-refractivity contribution in [1.82, 2.24) is 0 Å². The molecule has 0 aliphatic heterocycles. The summed E-state index contributed by atoms with van der Waals surface area (Å²) in [5.41, 5.74) is 0. The third kappa shape index (κ3) is 5.62. The normalized spacial score (nSPS) is 29.5. The van der Waals surface area contributed by atoms with Gasteiger partial charge in [-0.2, -0.15) is 0 Å². The number of carbonyl (C=O) groups is 5. The van der Waals surface area contributed by atoms with Crippen LogP contribution >= 0.6 is 0 Å². The van der Waals surface area contributed by atoms with Gasteiger partial charge in [-0.15, -0.1) is 0 Å². The van der Waals surface area contributed by atoms with Gasteiger partial charge in [0.25, 0.3) is 0 Å². The summed E-state index contributed by atoms with van der Waals surface area (Å²) < 4.78 is 0. The molecule has 5 heteroatoms. The first-order chi connectivity index (χ1) is 10.2. The lowest BCUT2D eigenvalue weighted by molar-refractivity contribution is -0.133. The van der Waals surface area contributed by atoms with Crippen LogP contribution in [-0.2, 0) is 24.0 Å². The average molecular weight is 308 g/mol. The molecule has 0 heterocycles. The zero-order chi connectivity index (χ0) is 16.9. The van der Waals surface area contributed by atoms with Gasteiger partial charge in [0.05, 0.1) is 0 Å². The molecule has 0 N–H and O–H groups in total. The summed E-state index contributed by atoms with van der Waals surface area (Å²) in [6.07, 6.45) is 0.384. The minimum Gasteiger partial charge on any atom is -0.300 e. The molecule has 0 aromatic carbocycles. The Kier molecular flexibility index (Phi) is 6.78.